The van der Waals surface area contributed by atoms with Gasteiger partial charge in [-0.1, -0.05) is 34.6 Å². The quantitative estimate of drug-likeness (QED) is 0.104. The van der Waals surface area contributed by atoms with Gasteiger partial charge in [-0.2, -0.15) is 0 Å². The number of hydrogen-bond donors (Lipinski definition) is 9. The fourth-order valence-corrected chi connectivity index (χ4v) is 15.1. The number of ketones is 1. The molecule has 332 valence electrons. The Morgan fingerprint density at radius 1 is 0.724 bits per heavy atom. The monoisotopic (exact) mass is 828 g/mol. The van der Waals surface area contributed by atoms with Crippen molar-refractivity contribution in [2.75, 3.05) is 20.3 Å². The number of aliphatic hydroxyl groups is 9. The van der Waals surface area contributed by atoms with Crippen LogP contribution in [0.3, 0.4) is 0 Å². The van der Waals surface area contributed by atoms with Crippen LogP contribution in [0.1, 0.15) is 99.3 Å². The van der Waals surface area contributed by atoms with E-state index in [9.17, 15) is 50.8 Å². The normalized spacial score (nSPS) is 55.8. The lowest BCUT2D eigenvalue weighted by Gasteiger charge is -2.63. The van der Waals surface area contributed by atoms with Gasteiger partial charge in [-0.15, -0.1) is 0 Å². The molecule has 16 nitrogen and oxygen atoms in total. The Bertz CT molecular complexity index is 1570. The van der Waals surface area contributed by atoms with Crippen LogP contribution >= 0.6 is 0 Å². The summed E-state index contributed by atoms with van der Waals surface area (Å²) in [6.45, 7) is 11.2. The number of rotatable bonds is 10. The molecule has 8 rings (SSSR count). The second kappa shape index (κ2) is 14.3. The van der Waals surface area contributed by atoms with Gasteiger partial charge < -0.3 is 74.4 Å². The van der Waals surface area contributed by atoms with Crippen molar-refractivity contribution in [1.82, 2.24) is 0 Å². The molecule has 8 fully saturated rings. The minimum atomic E-state index is -2.42. The van der Waals surface area contributed by atoms with E-state index in [1.54, 1.807) is 7.11 Å². The summed E-state index contributed by atoms with van der Waals surface area (Å²) in [6.07, 6.45) is -8.69. The molecule has 8 aliphatic rings. The van der Waals surface area contributed by atoms with Gasteiger partial charge >= 0.3 is 0 Å². The number of carbonyl (C=O) groups excluding carboxylic acids is 1. The van der Waals surface area contributed by atoms with E-state index in [0.717, 1.165) is 45.4 Å². The van der Waals surface area contributed by atoms with Crippen LogP contribution in [0.4, 0.5) is 0 Å². The molecule has 5 aliphatic carbocycles. The number of ether oxygens (including phenoxy) is 6. The van der Waals surface area contributed by atoms with Crippen molar-refractivity contribution in [2.24, 2.45) is 50.7 Å². The highest BCUT2D eigenvalue weighted by Gasteiger charge is 2.85. The highest BCUT2D eigenvalue weighted by atomic mass is 16.8. The van der Waals surface area contributed by atoms with E-state index in [-0.39, 0.29) is 57.4 Å². The first-order chi connectivity index (χ1) is 27.0. The third-order valence-electron chi connectivity index (χ3n) is 18.1. The van der Waals surface area contributed by atoms with Gasteiger partial charge in [0.15, 0.2) is 24.2 Å². The molecule has 0 amide bonds. The molecule has 16 heteroatoms. The van der Waals surface area contributed by atoms with E-state index in [0.29, 0.717) is 18.8 Å². The van der Waals surface area contributed by atoms with E-state index < -0.39 is 98.1 Å². The molecule has 5 saturated carbocycles. The topological polar surface area (TPSA) is 255 Å². The summed E-state index contributed by atoms with van der Waals surface area (Å²) in [5.41, 5.74) is -0.449. The second-order valence-corrected chi connectivity index (χ2v) is 20.8. The molecule has 21 atom stereocenters. The summed E-state index contributed by atoms with van der Waals surface area (Å²) in [7, 11) is 1.70. The van der Waals surface area contributed by atoms with Crippen LogP contribution in [-0.4, -0.2) is 157 Å². The highest BCUT2D eigenvalue weighted by Crippen LogP contribution is 2.90. The van der Waals surface area contributed by atoms with E-state index in [2.05, 4.69) is 34.6 Å². The van der Waals surface area contributed by atoms with Gasteiger partial charge in [0, 0.05) is 25.9 Å². The lowest BCUT2D eigenvalue weighted by molar-refractivity contribution is -0.377. The average Bonchev–Trinajstić information content (AvgIpc) is 3.68. The fourth-order valence-electron chi connectivity index (χ4n) is 15.1. The first-order valence-corrected chi connectivity index (χ1v) is 21.5. The molecule has 3 heterocycles. The minimum Gasteiger partial charge on any atom is -0.394 e. The van der Waals surface area contributed by atoms with Crippen LogP contribution in [0.2, 0.25) is 0 Å². The molecule has 0 radical (unpaired) electrons. The standard InChI is InChI=1S/C42H68O16/c1-19-20(14-25(45)39(6,51)52)58-42(53-7)17-38(5)24-9-8-23-36(2,3)26(10-11-40(23)18-41(24,40)13-12-37(38,4)33(19)42)56-35-32(30(49)28(47)22(16-44)55-35)57-34-31(50)29(48)27(46)21(15-43)54-34/h19-24,26-35,43-44,46-52H,8-18H2,1-7H3/t19?,20-,21+,22+,23?,24?,26-,27+,28+,29-,30-,31+,32+,33?,34-,35-,37+,38-,40+,41-,42-/m0/s1. The zero-order valence-corrected chi connectivity index (χ0v) is 34.9. The van der Waals surface area contributed by atoms with Gasteiger partial charge in [-0.3, -0.25) is 4.79 Å². The van der Waals surface area contributed by atoms with E-state index in [1.807, 2.05) is 0 Å². The molecule has 0 bridgehead atoms. The number of hydrogen-bond acceptors (Lipinski definition) is 16. The minimum absolute atomic E-state index is 0.0204. The van der Waals surface area contributed by atoms with Gasteiger partial charge in [0.1, 0.15) is 48.8 Å². The van der Waals surface area contributed by atoms with Gasteiger partial charge in [0.05, 0.1) is 25.4 Å². The Morgan fingerprint density at radius 3 is 1.95 bits per heavy atom. The van der Waals surface area contributed by atoms with Crippen molar-refractivity contribution in [3.63, 3.8) is 0 Å². The van der Waals surface area contributed by atoms with E-state index in [4.69, 9.17) is 28.4 Å². The Kier molecular flexibility index (Phi) is 10.8. The van der Waals surface area contributed by atoms with Crippen molar-refractivity contribution in [3.8, 4) is 0 Å². The summed E-state index contributed by atoms with van der Waals surface area (Å²) >= 11 is 0. The molecule has 4 unspecified atom stereocenters. The lowest BCUT2D eigenvalue weighted by atomic mass is 9.41. The lowest BCUT2D eigenvalue weighted by Crippen LogP contribution is -2.65. The Morgan fingerprint density at radius 2 is 1.33 bits per heavy atom. The zero-order valence-electron chi connectivity index (χ0n) is 34.9. The summed E-state index contributed by atoms with van der Waals surface area (Å²) in [6, 6.07) is 0. The molecule has 2 spiro atoms. The van der Waals surface area contributed by atoms with Crippen LogP contribution in [0, 0.1) is 50.7 Å². The van der Waals surface area contributed by atoms with Gasteiger partial charge in [-0.05, 0) is 96.7 Å². The maximum Gasteiger partial charge on any atom is 0.221 e. The molecular weight excluding hydrogens is 760 g/mol. The third kappa shape index (κ3) is 5.91. The van der Waals surface area contributed by atoms with Crippen LogP contribution in [-0.2, 0) is 33.2 Å². The molecular formula is C42H68O16. The van der Waals surface area contributed by atoms with Crippen molar-refractivity contribution in [2.45, 2.75) is 185 Å². The summed E-state index contributed by atoms with van der Waals surface area (Å²) < 4.78 is 37.6. The average molecular weight is 829 g/mol. The maximum absolute atomic E-state index is 12.8. The van der Waals surface area contributed by atoms with Crippen molar-refractivity contribution in [3.05, 3.63) is 0 Å². The number of methoxy groups -OCH3 is 1. The number of Topliss-reactive ketones (excluding diaryl/α,β-unsaturated/α-hetero) is 1. The highest BCUT2D eigenvalue weighted by molar-refractivity contribution is 5.85. The van der Waals surface area contributed by atoms with Crippen LogP contribution in [0.15, 0.2) is 0 Å². The predicted octanol–water partition coefficient (Wildman–Crippen LogP) is 0.0823. The number of carbonyl (C=O) groups is 1. The Hall–Kier alpha value is -0.930. The molecule has 9 N–H and O–H groups in total. The predicted molar refractivity (Wildman–Crippen MR) is 200 cm³/mol. The summed E-state index contributed by atoms with van der Waals surface area (Å²) in [5.74, 6) is -3.30. The first-order valence-electron chi connectivity index (χ1n) is 21.5. The molecule has 3 aliphatic heterocycles. The van der Waals surface area contributed by atoms with Crippen LogP contribution < -0.4 is 0 Å². The Labute approximate surface area is 340 Å². The SMILES string of the molecule is CO[C@]12C[C@@]3(C)C4CCC5C(C)(C)[C@@H](O[C@@H]6O[C@H](CO)[C@@H](O)[C@H](O)[C@H]6O[C@@H]6O[C@H](CO)[C@@H](O)[C@H](O)[C@H]6O)CC[C@@]56C[C@@]46CC[C@]3(C)C1C(C)[C@H](CC(=O)C(C)(O)O)O2. The molecule has 0 aromatic carbocycles. The van der Waals surface area contributed by atoms with Crippen molar-refractivity contribution in [1.29, 1.82) is 0 Å². The number of fused-ring (bicyclic) bond motifs is 4. The largest absolute Gasteiger partial charge is 0.394 e. The van der Waals surface area contributed by atoms with Crippen molar-refractivity contribution < 1.29 is 79.2 Å². The van der Waals surface area contributed by atoms with Crippen LogP contribution in [0.25, 0.3) is 0 Å². The summed E-state index contributed by atoms with van der Waals surface area (Å²) in [5, 5.41) is 93.5. The van der Waals surface area contributed by atoms with Crippen molar-refractivity contribution >= 4 is 5.78 Å². The second-order valence-electron chi connectivity index (χ2n) is 20.8. The molecule has 0 aromatic rings. The molecule has 3 saturated heterocycles. The molecule has 0 aromatic heterocycles. The van der Waals surface area contributed by atoms with Gasteiger partial charge in [0.25, 0.3) is 0 Å². The zero-order chi connectivity index (χ0) is 42.3. The maximum atomic E-state index is 12.8. The smallest absolute Gasteiger partial charge is 0.221 e. The van der Waals surface area contributed by atoms with E-state index >= 15 is 0 Å². The Balaban J connectivity index is 1.02. The summed E-state index contributed by atoms with van der Waals surface area (Å²) in [4.78, 5) is 12.8. The first kappa shape index (κ1) is 43.7. The number of aliphatic hydroxyl groups excluding tert-OH is 7. The third-order valence-corrected chi connectivity index (χ3v) is 18.1. The van der Waals surface area contributed by atoms with Gasteiger partial charge in [0.2, 0.25) is 5.79 Å². The van der Waals surface area contributed by atoms with Crippen LogP contribution in [0.5, 0.6) is 0 Å². The van der Waals surface area contributed by atoms with Gasteiger partial charge in [-0.25, -0.2) is 0 Å². The van der Waals surface area contributed by atoms with E-state index in [1.165, 1.54) is 0 Å². The fraction of sp³-hybridized carbons (Fsp3) is 0.976. The molecule has 58 heavy (non-hydrogen) atoms.